The average molecular weight is 406 g/mol. The number of methoxy groups -OCH3 is 1. The van der Waals surface area contributed by atoms with Crippen LogP contribution in [0.2, 0.25) is 0 Å². The average Bonchev–Trinajstić information content (AvgIpc) is 3.16. The quantitative estimate of drug-likeness (QED) is 0.474. The van der Waals surface area contributed by atoms with E-state index in [9.17, 15) is 4.79 Å². The molecule has 0 fully saturated rings. The van der Waals surface area contributed by atoms with Gasteiger partial charge < -0.3 is 15.8 Å². The summed E-state index contributed by atoms with van der Waals surface area (Å²) in [6, 6.07) is 18.7. The van der Waals surface area contributed by atoms with Gasteiger partial charge in [0.15, 0.2) is 10.8 Å². The second kappa shape index (κ2) is 8.19. The van der Waals surface area contributed by atoms with Crippen molar-refractivity contribution in [2.24, 2.45) is 0 Å². The number of aromatic nitrogens is 4. The van der Waals surface area contributed by atoms with E-state index < -0.39 is 0 Å². The van der Waals surface area contributed by atoms with E-state index in [0.717, 1.165) is 11.3 Å². The molecule has 4 aromatic rings. The molecule has 2 aromatic carbocycles. The molecule has 9 heteroatoms. The predicted molar refractivity (Wildman–Crippen MR) is 113 cm³/mol. The predicted octanol–water partition coefficient (Wildman–Crippen LogP) is 3.11. The standard InChI is InChI=1S/C20H18N6O2S/c1-28-15-9-5-8-14(10-15)22-18(27)12-29-20-25-24-17-11-16(23-19(21)26(17)20)13-6-3-2-4-7-13/h2-11H,12H2,1H3,(H2,21,23)(H,22,27). The molecule has 146 valence electrons. The van der Waals surface area contributed by atoms with Crippen molar-refractivity contribution in [3.8, 4) is 17.0 Å². The summed E-state index contributed by atoms with van der Waals surface area (Å²) in [5.41, 5.74) is 9.04. The van der Waals surface area contributed by atoms with E-state index in [1.807, 2.05) is 48.5 Å². The number of amides is 1. The van der Waals surface area contributed by atoms with Gasteiger partial charge in [0.05, 0.1) is 18.6 Å². The van der Waals surface area contributed by atoms with Crippen LogP contribution in [0.15, 0.2) is 65.8 Å². The molecule has 0 aliphatic carbocycles. The number of carbonyl (C=O) groups is 1. The molecule has 0 atom stereocenters. The molecule has 8 nitrogen and oxygen atoms in total. The zero-order chi connectivity index (χ0) is 20.2. The van der Waals surface area contributed by atoms with Crippen LogP contribution in [0.5, 0.6) is 5.75 Å². The summed E-state index contributed by atoms with van der Waals surface area (Å²) in [5.74, 6) is 0.916. The van der Waals surface area contributed by atoms with Crippen LogP contribution in [-0.4, -0.2) is 38.4 Å². The summed E-state index contributed by atoms with van der Waals surface area (Å²) in [5, 5.41) is 11.7. The van der Waals surface area contributed by atoms with Crippen LogP contribution in [0, 0.1) is 0 Å². The molecule has 29 heavy (non-hydrogen) atoms. The van der Waals surface area contributed by atoms with Gasteiger partial charge in [-0.15, -0.1) is 10.2 Å². The first kappa shape index (κ1) is 18.8. The van der Waals surface area contributed by atoms with Crippen LogP contribution in [0.25, 0.3) is 16.9 Å². The van der Waals surface area contributed by atoms with Crippen molar-refractivity contribution in [3.05, 3.63) is 60.7 Å². The Balaban J connectivity index is 1.49. The van der Waals surface area contributed by atoms with Gasteiger partial charge in [-0.3, -0.25) is 4.79 Å². The number of benzene rings is 2. The van der Waals surface area contributed by atoms with Crippen LogP contribution in [0.3, 0.4) is 0 Å². The molecule has 3 N–H and O–H groups in total. The van der Waals surface area contributed by atoms with Crippen LogP contribution in [0.4, 0.5) is 11.6 Å². The van der Waals surface area contributed by atoms with Gasteiger partial charge in [0.1, 0.15) is 5.75 Å². The number of nitrogens with one attached hydrogen (secondary N) is 1. The molecule has 0 saturated carbocycles. The Morgan fingerprint density at radius 3 is 2.76 bits per heavy atom. The van der Waals surface area contributed by atoms with Gasteiger partial charge in [-0.2, -0.15) is 0 Å². The summed E-state index contributed by atoms with van der Waals surface area (Å²) in [4.78, 5) is 16.7. The van der Waals surface area contributed by atoms with Crippen molar-refractivity contribution >= 4 is 35.0 Å². The number of thioether (sulfide) groups is 1. The highest BCUT2D eigenvalue weighted by atomic mass is 32.2. The molecule has 0 aliphatic rings. The van der Waals surface area contributed by atoms with Gasteiger partial charge in [-0.1, -0.05) is 48.2 Å². The van der Waals surface area contributed by atoms with Crippen LogP contribution < -0.4 is 15.8 Å². The number of fused-ring (bicyclic) bond motifs is 1. The number of nitrogen functional groups attached to an aromatic ring is 1. The highest BCUT2D eigenvalue weighted by molar-refractivity contribution is 7.99. The minimum absolute atomic E-state index is 0.151. The molecule has 0 bridgehead atoms. The molecule has 0 spiro atoms. The number of carbonyl (C=O) groups excluding carboxylic acids is 1. The SMILES string of the molecule is COc1cccc(NC(=O)CSc2nnc3cc(-c4ccccc4)nc(N)n23)c1. The van der Waals surface area contributed by atoms with Crippen molar-refractivity contribution in [1.82, 2.24) is 19.6 Å². The molecular formula is C20H18N6O2S. The minimum Gasteiger partial charge on any atom is -0.497 e. The van der Waals surface area contributed by atoms with E-state index in [-0.39, 0.29) is 17.6 Å². The smallest absolute Gasteiger partial charge is 0.234 e. The van der Waals surface area contributed by atoms with E-state index in [1.54, 1.807) is 23.6 Å². The number of hydrogen-bond donors (Lipinski definition) is 2. The van der Waals surface area contributed by atoms with Crippen molar-refractivity contribution in [3.63, 3.8) is 0 Å². The molecular weight excluding hydrogens is 388 g/mol. The summed E-state index contributed by atoms with van der Waals surface area (Å²) in [7, 11) is 1.58. The van der Waals surface area contributed by atoms with Crippen molar-refractivity contribution < 1.29 is 9.53 Å². The second-order valence-corrected chi connectivity index (χ2v) is 7.05. The first-order valence-corrected chi connectivity index (χ1v) is 9.76. The Hall–Kier alpha value is -3.59. The Kier molecular flexibility index (Phi) is 5.30. The maximum atomic E-state index is 12.3. The number of rotatable bonds is 6. The van der Waals surface area contributed by atoms with Crippen molar-refractivity contribution in [2.75, 3.05) is 23.9 Å². The number of nitrogens with two attached hydrogens (primary N) is 1. The fourth-order valence-electron chi connectivity index (χ4n) is 2.80. The maximum absolute atomic E-state index is 12.3. The monoisotopic (exact) mass is 406 g/mol. The number of hydrogen-bond acceptors (Lipinski definition) is 7. The van der Waals surface area contributed by atoms with Gasteiger partial charge in [-0.25, -0.2) is 9.38 Å². The highest BCUT2D eigenvalue weighted by Gasteiger charge is 2.14. The van der Waals surface area contributed by atoms with E-state index >= 15 is 0 Å². The lowest BCUT2D eigenvalue weighted by atomic mass is 10.1. The molecule has 0 aliphatic heterocycles. The molecule has 0 radical (unpaired) electrons. The summed E-state index contributed by atoms with van der Waals surface area (Å²) < 4.78 is 6.79. The first-order chi connectivity index (χ1) is 14.1. The van der Waals surface area contributed by atoms with Gasteiger partial charge in [0.25, 0.3) is 0 Å². The number of nitrogens with zero attached hydrogens (tertiary/aromatic N) is 4. The van der Waals surface area contributed by atoms with Crippen LogP contribution in [0.1, 0.15) is 0 Å². The van der Waals surface area contributed by atoms with Gasteiger partial charge >= 0.3 is 0 Å². The molecule has 0 saturated heterocycles. The van der Waals surface area contributed by atoms with Crippen molar-refractivity contribution in [1.29, 1.82) is 0 Å². The van der Waals surface area contributed by atoms with Crippen LogP contribution in [-0.2, 0) is 4.79 Å². The third-order valence-corrected chi connectivity index (χ3v) is 5.07. The topological polar surface area (TPSA) is 107 Å². The zero-order valence-electron chi connectivity index (χ0n) is 15.6. The molecule has 0 unspecified atom stereocenters. The Morgan fingerprint density at radius 1 is 1.14 bits per heavy atom. The fourth-order valence-corrected chi connectivity index (χ4v) is 3.54. The van der Waals surface area contributed by atoms with E-state index in [2.05, 4.69) is 20.5 Å². The lowest BCUT2D eigenvalue weighted by molar-refractivity contribution is -0.113. The molecule has 1 amide bonds. The lowest BCUT2D eigenvalue weighted by Crippen LogP contribution is -2.14. The maximum Gasteiger partial charge on any atom is 0.234 e. The minimum atomic E-state index is -0.174. The zero-order valence-corrected chi connectivity index (χ0v) is 16.4. The molecule has 2 heterocycles. The summed E-state index contributed by atoms with van der Waals surface area (Å²) in [6.45, 7) is 0. The summed E-state index contributed by atoms with van der Waals surface area (Å²) >= 11 is 1.24. The third kappa shape index (κ3) is 4.14. The Labute approximate surface area is 171 Å². The second-order valence-electron chi connectivity index (χ2n) is 6.11. The van der Waals surface area contributed by atoms with E-state index in [0.29, 0.717) is 22.2 Å². The van der Waals surface area contributed by atoms with Gasteiger partial charge in [0.2, 0.25) is 11.9 Å². The first-order valence-electron chi connectivity index (χ1n) is 8.78. The van der Waals surface area contributed by atoms with Gasteiger partial charge in [-0.05, 0) is 12.1 Å². The molecule has 4 rings (SSSR count). The third-order valence-electron chi connectivity index (χ3n) is 4.14. The lowest BCUT2D eigenvalue weighted by Gasteiger charge is -2.07. The Bertz CT molecular complexity index is 1160. The number of ether oxygens (including phenoxy) is 1. The van der Waals surface area contributed by atoms with Crippen LogP contribution >= 0.6 is 11.8 Å². The van der Waals surface area contributed by atoms with E-state index in [1.165, 1.54) is 11.8 Å². The molecule has 2 aromatic heterocycles. The largest absolute Gasteiger partial charge is 0.497 e. The van der Waals surface area contributed by atoms with Crippen molar-refractivity contribution in [2.45, 2.75) is 5.16 Å². The normalized spacial score (nSPS) is 10.8. The summed E-state index contributed by atoms with van der Waals surface area (Å²) in [6.07, 6.45) is 0. The van der Waals surface area contributed by atoms with E-state index in [4.69, 9.17) is 10.5 Å². The highest BCUT2D eigenvalue weighted by Crippen LogP contribution is 2.24. The number of anilines is 2. The van der Waals surface area contributed by atoms with Gasteiger partial charge in [0, 0.05) is 23.4 Å². The Morgan fingerprint density at radius 2 is 1.97 bits per heavy atom. The fraction of sp³-hybridized carbons (Fsp3) is 0.100.